The van der Waals surface area contributed by atoms with Crippen molar-refractivity contribution in [2.24, 2.45) is 7.05 Å². The Morgan fingerprint density at radius 3 is 2.88 bits per heavy atom. The van der Waals surface area contributed by atoms with Gasteiger partial charge in [-0.1, -0.05) is 13.0 Å². The summed E-state index contributed by atoms with van der Waals surface area (Å²) in [4.78, 5) is 10.9. The van der Waals surface area contributed by atoms with Gasteiger partial charge in [-0.05, 0) is 44.0 Å². The Balaban J connectivity index is 1.50. The number of aromatic nitrogens is 5. The summed E-state index contributed by atoms with van der Waals surface area (Å²) in [5.74, 6) is 3.69. The molecule has 0 saturated carbocycles. The lowest BCUT2D eigenvalue weighted by Crippen LogP contribution is -2.35. The average molecular weight is 338 g/mol. The molecule has 1 aliphatic rings. The first-order valence-electron chi connectivity index (χ1n) is 9.19. The average Bonchev–Trinajstić information content (AvgIpc) is 3.19. The molecule has 0 aliphatic carbocycles. The van der Waals surface area contributed by atoms with Crippen LogP contribution >= 0.6 is 0 Å². The number of aromatic amines is 1. The highest BCUT2D eigenvalue weighted by Crippen LogP contribution is 2.27. The van der Waals surface area contributed by atoms with E-state index in [1.807, 2.05) is 0 Å². The van der Waals surface area contributed by atoms with Crippen molar-refractivity contribution in [1.82, 2.24) is 29.6 Å². The maximum atomic E-state index is 4.84. The minimum absolute atomic E-state index is 0.459. The third-order valence-electron chi connectivity index (χ3n) is 5.28. The van der Waals surface area contributed by atoms with E-state index in [4.69, 9.17) is 4.98 Å². The standard InChI is InChI=1S/C19H26N6/c1-4-17-22-23-18(24(17)3)12-25-9-5-6-14(11-25)19-20-15-8-7-13(2)10-16(15)21-19/h7-8,10,14H,4-6,9,11-12H2,1-3H3,(H,20,21)/t14-/m0/s1. The summed E-state index contributed by atoms with van der Waals surface area (Å²) >= 11 is 0. The van der Waals surface area contributed by atoms with Crippen molar-refractivity contribution in [3.05, 3.63) is 41.2 Å². The summed E-state index contributed by atoms with van der Waals surface area (Å²) in [5.41, 5.74) is 3.48. The van der Waals surface area contributed by atoms with Crippen LogP contribution in [0.3, 0.4) is 0 Å². The molecule has 1 aromatic carbocycles. The van der Waals surface area contributed by atoms with Crippen molar-refractivity contribution < 1.29 is 0 Å². The zero-order valence-electron chi connectivity index (χ0n) is 15.3. The number of hydrogen-bond donors (Lipinski definition) is 1. The molecule has 2 aromatic heterocycles. The molecular weight excluding hydrogens is 312 g/mol. The lowest BCUT2D eigenvalue weighted by atomic mass is 9.97. The monoisotopic (exact) mass is 338 g/mol. The van der Waals surface area contributed by atoms with Gasteiger partial charge in [0.2, 0.25) is 0 Å². The number of H-pyrrole nitrogens is 1. The van der Waals surface area contributed by atoms with Crippen LogP contribution in [0.15, 0.2) is 18.2 Å². The van der Waals surface area contributed by atoms with Crippen LogP contribution in [0.4, 0.5) is 0 Å². The molecule has 1 fully saturated rings. The van der Waals surface area contributed by atoms with Gasteiger partial charge in [0, 0.05) is 25.9 Å². The number of imidazole rings is 1. The summed E-state index contributed by atoms with van der Waals surface area (Å²) in [6, 6.07) is 6.41. The van der Waals surface area contributed by atoms with Crippen LogP contribution in [-0.4, -0.2) is 42.7 Å². The number of hydrogen-bond acceptors (Lipinski definition) is 4. The summed E-state index contributed by atoms with van der Waals surface area (Å²) in [5, 5.41) is 8.65. The van der Waals surface area contributed by atoms with Crippen LogP contribution < -0.4 is 0 Å². The molecule has 0 radical (unpaired) electrons. The minimum atomic E-state index is 0.459. The molecule has 0 spiro atoms. The van der Waals surface area contributed by atoms with E-state index in [2.05, 4.69) is 63.7 Å². The third-order valence-corrected chi connectivity index (χ3v) is 5.28. The summed E-state index contributed by atoms with van der Waals surface area (Å²) in [6.07, 6.45) is 3.30. The van der Waals surface area contributed by atoms with E-state index in [9.17, 15) is 0 Å². The fourth-order valence-electron chi connectivity index (χ4n) is 3.80. The van der Waals surface area contributed by atoms with Crippen molar-refractivity contribution in [2.45, 2.75) is 45.6 Å². The normalized spacial score (nSPS) is 18.9. The number of nitrogens with zero attached hydrogens (tertiary/aromatic N) is 5. The second-order valence-electron chi connectivity index (χ2n) is 7.16. The van der Waals surface area contributed by atoms with Crippen molar-refractivity contribution in [1.29, 1.82) is 0 Å². The van der Waals surface area contributed by atoms with Gasteiger partial charge in [0.15, 0.2) is 0 Å². The van der Waals surface area contributed by atoms with Crippen molar-refractivity contribution in [3.8, 4) is 0 Å². The number of nitrogens with one attached hydrogen (secondary N) is 1. The van der Waals surface area contributed by atoms with Gasteiger partial charge in [-0.15, -0.1) is 10.2 Å². The topological polar surface area (TPSA) is 62.6 Å². The highest BCUT2D eigenvalue weighted by atomic mass is 15.3. The number of rotatable bonds is 4. The number of aryl methyl sites for hydroxylation is 2. The fraction of sp³-hybridized carbons (Fsp3) is 0.526. The highest BCUT2D eigenvalue weighted by molar-refractivity contribution is 5.75. The predicted molar refractivity (Wildman–Crippen MR) is 98.5 cm³/mol. The molecule has 0 bridgehead atoms. The quantitative estimate of drug-likeness (QED) is 0.794. The maximum Gasteiger partial charge on any atom is 0.146 e. The zero-order chi connectivity index (χ0) is 17.4. The molecule has 1 N–H and O–H groups in total. The molecule has 3 heterocycles. The van der Waals surface area contributed by atoms with Gasteiger partial charge >= 0.3 is 0 Å². The molecule has 6 nitrogen and oxygen atoms in total. The highest BCUT2D eigenvalue weighted by Gasteiger charge is 2.25. The smallest absolute Gasteiger partial charge is 0.146 e. The number of fused-ring (bicyclic) bond motifs is 1. The van der Waals surface area contributed by atoms with Crippen molar-refractivity contribution in [2.75, 3.05) is 13.1 Å². The summed E-state index contributed by atoms with van der Waals surface area (Å²) in [7, 11) is 2.07. The Kier molecular flexibility index (Phi) is 4.29. The maximum absolute atomic E-state index is 4.84. The van der Waals surface area contributed by atoms with Crippen LogP contribution in [0, 0.1) is 6.92 Å². The molecule has 1 aliphatic heterocycles. The van der Waals surface area contributed by atoms with Gasteiger partial charge in [0.25, 0.3) is 0 Å². The van der Waals surface area contributed by atoms with Gasteiger partial charge < -0.3 is 9.55 Å². The van der Waals surface area contributed by atoms with Crippen LogP contribution in [0.5, 0.6) is 0 Å². The lowest BCUT2D eigenvalue weighted by Gasteiger charge is -2.31. The fourth-order valence-corrected chi connectivity index (χ4v) is 3.80. The van der Waals surface area contributed by atoms with E-state index in [-0.39, 0.29) is 0 Å². The van der Waals surface area contributed by atoms with Crippen LogP contribution in [0.2, 0.25) is 0 Å². The molecule has 1 atom stereocenters. The van der Waals surface area contributed by atoms with Crippen LogP contribution in [0.1, 0.15) is 48.7 Å². The van der Waals surface area contributed by atoms with Gasteiger partial charge in [-0.25, -0.2) is 4.98 Å². The van der Waals surface area contributed by atoms with Crippen LogP contribution in [-0.2, 0) is 20.0 Å². The zero-order valence-corrected chi connectivity index (χ0v) is 15.3. The van der Waals surface area contributed by atoms with E-state index in [1.54, 1.807) is 0 Å². The Hall–Kier alpha value is -2.21. The molecular formula is C19H26N6. The lowest BCUT2D eigenvalue weighted by molar-refractivity contribution is 0.191. The Labute approximate surface area is 148 Å². The van der Waals surface area contributed by atoms with E-state index >= 15 is 0 Å². The molecule has 4 rings (SSSR count). The molecule has 25 heavy (non-hydrogen) atoms. The van der Waals surface area contributed by atoms with E-state index in [0.29, 0.717) is 5.92 Å². The predicted octanol–water partition coefficient (Wildman–Crippen LogP) is 2.94. The van der Waals surface area contributed by atoms with Crippen molar-refractivity contribution in [3.63, 3.8) is 0 Å². The SMILES string of the molecule is CCc1nnc(CN2CCC[C@H](c3nc4ccc(C)cc4[nH]3)C2)n1C. The largest absolute Gasteiger partial charge is 0.342 e. The molecule has 132 valence electrons. The molecule has 1 saturated heterocycles. The molecule has 6 heteroatoms. The Morgan fingerprint density at radius 2 is 2.08 bits per heavy atom. The second kappa shape index (κ2) is 6.59. The van der Waals surface area contributed by atoms with Gasteiger partial charge in [-0.2, -0.15) is 0 Å². The number of piperidine rings is 1. The first-order chi connectivity index (χ1) is 12.1. The third kappa shape index (κ3) is 3.18. The number of likely N-dealkylation sites (tertiary alicyclic amines) is 1. The molecule has 3 aromatic rings. The summed E-state index contributed by atoms with van der Waals surface area (Å²) in [6.45, 7) is 7.23. The Morgan fingerprint density at radius 1 is 1.24 bits per heavy atom. The second-order valence-corrected chi connectivity index (χ2v) is 7.16. The van der Waals surface area contributed by atoms with E-state index in [1.165, 1.54) is 18.4 Å². The van der Waals surface area contributed by atoms with E-state index < -0.39 is 0 Å². The van der Waals surface area contributed by atoms with Crippen LogP contribution in [0.25, 0.3) is 11.0 Å². The van der Waals surface area contributed by atoms with Crippen molar-refractivity contribution >= 4 is 11.0 Å². The Bertz CT molecular complexity index is 877. The first kappa shape index (κ1) is 16.3. The first-order valence-corrected chi connectivity index (χ1v) is 9.19. The number of benzene rings is 1. The molecule has 0 amide bonds. The summed E-state index contributed by atoms with van der Waals surface area (Å²) < 4.78 is 2.13. The molecule has 0 unspecified atom stereocenters. The van der Waals surface area contributed by atoms with Gasteiger partial charge in [0.05, 0.1) is 17.6 Å². The van der Waals surface area contributed by atoms with E-state index in [0.717, 1.165) is 54.6 Å². The minimum Gasteiger partial charge on any atom is -0.342 e. The van der Waals surface area contributed by atoms with Gasteiger partial charge in [-0.3, -0.25) is 4.90 Å². The van der Waals surface area contributed by atoms with Gasteiger partial charge in [0.1, 0.15) is 17.5 Å².